The molecular formula is C23H28N6O4. The number of nitrogens with two attached hydrogens (primary N) is 1. The summed E-state index contributed by atoms with van der Waals surface area (Å²) < 4.78 is 2.66. The van der Waals surface area contributed by atoms with Crippen LogP contribution in [0.1, 0.15) is 45.4 Å². The molecule has 1 aliphatic carbocycles. The number of anilines is 2. The molecule has 1 aliphatic rings. The molecule has 3 aromatic rings. The quantitative estimate of drug-likeness (QED) is 0.559. The maximum absolute atomic E-state index is 13.7. The molecule has 1 amide bonds. The molecule has 0 unspecified atom stereocenters. The van der Waals surface area contributed by atoms with Crippen molar-refractivity contribution in [2.24, 2.45) is 0 Å². The Kier molecular flexibility index (Phi) is 6.43. The number of hydrogen-bond donors (Lipinski definition) is 2. The van der Waals surface area contributed by atoms with Crippen molar-refractivity contribution < 1.29 is 4.79 Å². The largest absolute Gasteiger partial charge is 0.383 e. The number of fused-ring (bicyclic) bond motifs is 1. The first kappa shape index (κ1) is 22.5. The SMILES string of the molecule is CCCCn1c(N)c(N(C(=O)Cn2c(=O)cnc3ccccc32)C2CCCC2)c(=O)[nH]c1=O. The third kappa shape index (κ3) is 4.33. The average Bonchev–Trinajstić information content (AvgIpc) is 3.32. The van der Waals surface area contributed by atoms with E-state index in [2.05, 4.69) is 9.97 Å². The molecule has 2 heterocycles. The van der Waals surface area contributed by atoms with Gasteiger partial charge in [0.05, 0.1) is 17.2 Å². The van der Waals surface area contributed by atoms with Gasteiger partial charge in [-0.1, -0.05) is 38.3 Å². The fraction of sp³-hybridized carbons (Fsp3) is 0.435. The third-order valence-corrected chi connectivity index (χ3v) is 6.19. The smallest absolute Gasteiger partial charge is 0.330 e. The second-order valence-corrected chi connectivity index (χ2v) is 8.37. The molecule has 10 heteroatoms. The lowest BCUT2D eigenvalue weighted by Gasteiger charge is -2.30. The maximum atomic E-state index is 13.7. The predicted octanol–water partition coefficient (Wildman–Crippen LogP) is 1.60. The van der Waals surface area contributed by atoms with E-state index in [9.17, 15) is 19.2 Å². The van der Waals surface area contributed by atoms with Crippen LogP contribution in [0.25, 0.3) is 11.0 Å². The number of rotatable bonds is 7. The lowest BCUT2D eigenvalue weighted by atomic mass is 10.1. The van der Waals surface area contributed by atoms with Gasteiger partial charge in [0.2, 0.25) is 5.91 Å². The van der Waals surface area contributed by atoms with Gasteiger partial charge in [-0.2, -0.15) is 0 Å². The summed E-state index contributed by atoms with van der Waals surface area (Å²) in [5.74, 6) is -0.456. The molecule has 1 fully saturated rings. The first-order valence-electron chi connectivity index (χ1n) is 11.3. The molecule has 1 aromatic carbocycles. The second-order valence-electron chi connectivity index (χ2n) is 8.37. The number of benzene rings is 1. The summed E-state index contributed by atoms with van der Waals surface area (Å²) >= 11 is 0. The lowest BCUT2D eigenvalue weighted by Crippen LogP contribution is -2.47. The van der Waals surface area contributed by atoms with E-state index in [-0.39, 0.29) is 24.1 Å². The topological polar surface area (TPSA) is 136 Å². The molecule has 0 saturated heterocycles. The number of carbonyl (C=O) groups is 1. The zero-order valence-corrected chi connectivity index (χ0v) is 18.6. The Balaban J connectivity index is 1.81. The minimum Gasteiger partial charge on any atom is -0.383 e. The molecule has 174 valence electrons. The third-order valence-electron chi connectivity index (χ3n) is 6.19. The highest BCUT2D eigenvalue weighted by Gasteiger charge is 2.33. The zero-order valence-electron chi connectivity index (χ0n) is 18.6. The van der Waals surface area contributed by atoms with Crippen LogP contribution >= 0.6 is 0 Å². The van der Waals surface area contributed by atoms with Crippen LogP contribution in [-0.4, -0.2) is 31.1 Å². The number of aromatic amines is 1. The predicted molar refractivity (Wildman–Crippen MR) is 126 cm³/mol. The Bertz CT molecular complexity index is 1350. The van der Waals surface area contributed by atoms with Crippen molar-refractivity contribution in [2.75, 3.05) is 10.6 Å². The van der Waals surface area contributed by atoms with E-state index >= 15 is 0 Å². The molecule has 10 nitrogen and oxygen atoms in total. The van der Waals surface area contributed by atoms with Gasteiger partial charge in [-0.3, -0.25) is 33.4 Å². The molecule has 2 aromatic heterocycles. The second kappa shape index (κ2) is 9.43. The number of nitrogen functional groups attached to an aromatic ring is 1. The van der Waals surface area contributed by atoms with E-state index in [1.54, 1.807) is 24.3 Å². The van der Waals surface area contributed by atoms with Crippen molar-refractivity contribution >= 4 is 28.4 Å². The van der Waals surface area contributed by atoms with Gasteiger partial charge in [-0.15, -0.1) is 0 Å². The van der Waals surface area contributed by atoms with Crippen LogP contribution in [0.5, 0.6) is 0 Å². The highest BCUT2D eigenvalue weighted by molar-refractivity contribution is 5.96. The van der Waals surface area contributed by atoms with E-state index in [1.807, 2.05) is 6.92 Å². The van der Waals surface area contributed by atoms with Gasteiger partial charge in [0.25, 0.3) is 11.1 Å². The van der Waals surface area contributed by atoms with E-state index in [4.69, 9.17) is 5.73 Å². The van der Waals surface area contributed by atoms with Gasteiger partial charge in [-0.25, -0.2) is 9.78 Å². The average molecular weight is 453 g/mol. The van der Waals surface area contributed by atoms with E-state index in [1.165, 1.54) is 20.2 Å². The number of amides is 1. The molecule has 3 N–H and O–H groups in total. The fourth-order valence-electron chi connectivity index (χ4n) is 4.51. The van der Waals surface area contributed by atoms with Crippen molar-refractivity contribution in [3.8, 4) is 0 Å². The number of hydrogen-bond acceptors (Lipinski definition) is 6. The number of unbranched alkanes of at least 4 members (excludes halogenated alkanes) is 1. The van der Waals surface area contributed by atoms with Crippen LogP contribution in [0.2, 0.25) is 0 Å². The van der Waals surface area contributed by atoms with E-state index < -0.39 is 22.7 Å². The van der Waals surface area contributed by atoms with Gasteiger partial charge in [-0.05, 0) is 31.4 Å². The Hall–Kier alpha value is -3.69. The van der Waals surface area contributed by atoms with Gasteiger partial charge >= 0.3 is 5.69 Å². The summed E-state index contributed by atoms with van der Waals surface area (Å²) in [7, 11) is 0. The Morgan fingerprint density at radius 1 is 1.18 bits per heavy atom. The number of nitrogens with one attached hydrogen (secondary N) is 1. The maximum Gasteiger partial charge on any atom is 0.330 e. The summed E-state index contributed by atoms with van der Waals surface area (Å²) in [5.41, 5.74) is 5.71. The van der Waals surface area contributed by atoms with E-state index in [0.29, 0.717) is 36.8 Å². The van der Waals surface area contributed by atoms with Crippen molar-refractivity contribution in [3.05, 3.63) is 61.7 Å². The summed E-state index contributed by atoms with van der Waals surface area (Å²) in [5, 5.41) is 0. The molecule has 33 heavy (non-hydrogen) atoms. The van der Waals surface area contributed by atoms with Crippen LogP contribution in [0.3, 0.4) is 0 Å². The van der Waals surface area contributed by atoms with Gasteiger partial charge in [0, 0.05) is 12.6 Å². The summed E-state index contributed by atoms with van der Waals surface area (Å²) in [6.07, 6.45) is 5.98. The van der Waals surface area contributed by atoms with Gasteiger partial charge in [0.1, 0.15) is 12.4 Å². The first-order valence-corrected chi connectivity index (χ1v) is 11.3. The molecule has 4 rings (SSSR count). The highest BCUT2D eigenvalue weighted by Crippen LogP contribution is 2.29. The van der Waals surface area contributed by atoms with Crippen LogP contribution in [0.4, 0.5) is 11.5 Å². The molecule has 0 atom stereocenters. The summed E-state index contributed by atoms with van der Waals surface area (Å²) in [6, 6.07) is 6.82. The van der Waals surface area contributed by atoms with Crippen LogP contribution in [-0.2, 0) is 17.9 Å². The van der Waals surface area contributed by atoms with Crippen LogP contribution < -0.4 is 27.4 Å². The zero-order chi connectivity index (χ0) is 23.5. The molecule has 0 aliphatic heterocycles. The van der Waals surface area contributed by atoms with Crippen LogP contribution in [0.15, 0.2) is 44.8 Å². The molecule has 0 radical (unpaired) electrons. The minimum atomic E-state index is -0.697. The Labute approximate surface area is 189 Å². The standard InChI is InChI=1S/C23H28N6O4/c1-2-3-12-27-21(24)20(22(32)26-23(27)33)29(15-8-4-5-9-15)19(31)14-28-17-11-7-6-10-16(17)25-13-18(28)30/h6-7,10-11,13,15H,2-5,8-9,12,14,24H2,1H3,(H,26,32,33). The van der Waals surface area contributed by atoms with Crippen molar-refractivity contribution in [1.82, 2.24) is 19.1 Å². The number of nitrogens with zero attached hydrogens (tertiary/aromatic N) is 4. The summed E-state index contributed by atoms with van der Waals surface area (Å²) in [4.78, 5) is 59.4. The Morgan fingerprint density at radius 3 is 2.64 bits per heavy atom. The van der Waals surface area contributed by atoms with Crippen LogP contribution in [0, 0.1) is 0 Å². The monoisotopic (exact) mass is 452 g/mol. The van der Waals surface area contributed by atoms with Crippen molar-refractivity contribution in [1.29, 1.82) is 0 Å². The van der Waals surface area contributed by atoms with Gasteiger partial charge < -0.3 is 5.73 Å². The number of carbonyl (C=O) groups excluding carboxylic acids is 1. The molecule has 0 spiro atoms. The summed E-state index contributed by atoms with van der Waals surface area (Å²) in [6.45, 7) is 2.05. The van der Waals surface area contributed by atoms with E-state index in [0.717, 1.165) is 19.3 Å². The molecule has 0 bridgehead atoms. The molecule has 1 saturated carbocycles. The number of H-pyrrole nitrogens is 1. The normalized spacial score (nSPS) is 14.1. The Morgan fingerprint density at radius 2 is 1.91 bits per heavy atom. The van der Waals surface area contributed by atoms with Crippen molar-refractivity contribution in [3.63, 3.8) is 0 Å². The first-order chi connectivity index (χ1) is 15.9. The lowest BCUT2D eigenvalue weighted by molar-refractivity contribution is -0.119. The minimum absolute atomic E-state index is 0.0194. The number of para-hydroxylation sites is 2. The highest BCUT2D eigenvalue weighted by atomic mass is 16.2. The number of aromatic nitrogens is 4. The van der Waals surface area contributed by atoms with Crippen molar-refractivity contribution in [2.45, 2.75) is 64.6 Å². The molecular weight excluding hydrogens is 424 g/mol. The van der Waals surface area contributed by atoms with Gasteiger partial charge in [0.15, 0.2) is 5.69 Å². The fourth-order valence-corrected chi connectivity index (χ4v) is 4.51.